The molecule has 1 aliphatic carbocycles. The molecule has 35 heavy (non-hydrogen) atoms. The summed E-state index contributed by atoms with van der Waals surface area (Å²) < 4.78 is 1.81. The number of aryl methyl sites for hydroxylation is 1. The molecule has 2 aromatic heterocycles. The molecule has 3 heterocycles. The van der Waals surface area contributed by atoms with Crippen LogP contribution in [0.25, 0.3) is 11.3 Å². The highest BCUT2D eigenvalue weighted by Crippen LogP contribution is 2.54. The molecule has 0 unspecified atom stereocenters. The highest BCUT2D eigenvalue weighted by Gasteiger charge is 2.45. The molecule has 1 amide bonds. The van der Waals surface area contributed by atoms with E-state index in [2.05, 4.69) is 20.6 Å². The van der Waals surface area contributed by atoms with Crippen LogP contribution in [-0.2, 0) is 7.05 Å². The molecule has 2 fully saturated rings. The first-order chi connectivity index (χ1) is 16.8. The summed E-state index contributed by atoms with van der Waals surface area (Å²) in [6.07, 6.45) is 6.68. The summed E-state index contributed by atoms with van der Waals surface area (Å²) in [5.41, 5.74) is 3.25. The van der Waals surface area contributed by atoms with Gasteiger partial charge in [0.25, 0.3) is 5.91 Å². The summed E-state index contributed by atoms with van der Waals surface area (Å²) in [6, 6.07) is 13.4. The van der Waals surface area contributed by atoms with Crippen molar-refractivity contribution in [2.75, 3.05) is 35.2 Å². The molecule has 1 saturated carbocycles. The number of aliphatic hydroxyl groups excluding tert-OH is 1. The highest BCUT2D eigenvalue weighted by atomic mass is 16.3. The van der Waals surface area contributed by atoms with E-state index in [0.717, 1.165) is 42.9 Å². The largest absolute Gasteiger partial charge is 0.394 e. The van der Waals surface area contributed by atoms with Crippen molar-refractivity contribution >= 4 is 23.2 Å². The lowest BCUT2D eigenvalue weighted by Crippen LogP contribution is -2.38. The average molecular weight is 475 g/mol. The number of hydrogen-bond acceptors (Lipinski definition) is 6. The van der Waals surface area contributed by atoms with E-state index in [-0.39, 0.29) is 12.5 Å². The van der Waals surface area contributed by atoms with Crippen LogP contribution in [0, 0.1) is 5.41 Å². The molecule has 1 spiro atoms. The van der Waals surface area contributed by atoms with Gasteiger partial charge >= 0.3 is 0 Å². The molecular weight excluding hydrogens is 440 g/mol. The van der Waals surface area contributed by atoms with Crippen molar-refractivity contribution in [1.29, 1.82) is 0 Å². The molecule has 1 saturated heterocycles. The van der Waals surface area contributed by atoms with Crippen molar-refractivity contribution in [3.05, 3.63) is 54.2 Å². The topological polar surface area (TPSA) is 95.3 Å². The number of carbonyl (C=O) groups excluding carboxylic acids is 1. The molecule has 184 valence electrons. The number of amides is 1. The second kappa shape index (κ2) is 9.00. The molecule has 0 bridgehead atoms. The van der Waals surface area contributed by atoms with Crippen LogP contribution in [0.1, 0.15) is 49.9 Å². The molecule has 2 aliphatic rings. The van der Waals surface area contributed by atoms with Crippen LogP contribution >= 0.6 is 0 Å². The van der Waals surface area contributed by atoms with Gasteiger partial charge < -0.3 is 20.6 Å². The van der Waals surface area contributed by atoms with Crippen LogP contribution in [0.3, 0.4) is 0 Å². The molecular formula is C27H34N6O2. The van der Waals surface area contributed by atoms with E-state index in [0.29, 0.717) is 22.6 Å². The zero-order valence-electron chi connectivity index (χ0n) is 20.7. The lowest BCUT2D eigenvalue weighted by molar-refractivity contribution is 0.102. The van der Waals surface area contributed by atoms with Gasteiger partial charge in [-0.2, -0.15) is 5.10 Å². The Labute approximate surface area is 206 Å². The van der Waals surface area contributed by atoms with Gasteiger partial charge in [0.15, 0.2) is 0 Å². The number of hydrogen-bond donors (Lipinski definition) is 3. The van der Waals surface area contributed by atoms with Crippen molar-refractivity contribution < 1.29 is 9.90 Å². The first-order valence-electron chi connectivity index (χ1n) is 12.3. The molecule has 0 atom stereocenters. The number of aromatic nitrogens is 3. The van der Waals surface area contributed by atoms with Crippen LogP contribution < -0.4 is 15.5 Å². The summed E-state index contributed by atoms with van der Waals surface area (Å²) in [6.45, 7) is 5.61. The number of piperidine rings is 1. The van der Waals surface area contributed by atoms with Gasteiger partial charge in [-0.15, -0.1) is 0 Å². The molecule has 0 radical (unpaired) electrons. The SMILES string of the molecule is Cn1nccc1-c1cccc(NC(=O)c2ccc(NC(C)(C)CO)nc2N2CCC3(CC2)CC3)c1. The zero-order valence-corrected chi connectivity index (χ0v) is 20.7. The van der Waals surface area contributed by atoms with E-state index in [9.17, 15) is 9.90 Å². The second-order valence-corrected chi connectivity index (χ2v) is 10.6. The number of nitrogens with one attached hydrogen (secondary N) is 2. The molecule has 1 aromatic carbocycles. The Morgan fingerprint density at radius 2 is 1.89 bits per heavy atom. The van der Waals surface area contributed by atoms with Crippen LogP contribution in [0.5, 0.6) is 0 Å². The number of pyridine rings is 1. The lowest BCUT2D eigenvalue weighted by Gasteiger charge is -2.34. The van der Waals surface area contributed by atoms with Crippen molar-refractivity contribution in [1.82, 2.24) is 14.8 Å². The van der Waals surface area contributed by atoms with E-state index < -0.39 is 5.54 Å². The fourth-order valence-corrected chi connectivity index (χ4v) is 4.80. The molecule has 1 aliphatic heterocycles. The summed E-state index contributed by atoms with van der Waals surface area (Å²) in [4.78, 5) is 20.6. The molecule has 3 aromatic rings. The van der Waals surface area contributed by atoms with Gasteiger partial charge in [-0.25, -0.2) is 4.98 Å². The first-order valence-corrected chi connectivity index (χ1v) is 12.3. The quantitative estimate of drug-likeness (QED) is 0.473. The lowest BCUT2D eigenvalue weighted by atomic mass is 9.93. The van der Waals surface area contributed by atoms with Crippen LogP contribution in [0.2, 0.25) is 0 Å². The molecule has 8 nitrogen and oxygen atoms in total. The van der Waals surface area contributed by atoms with Gasteiger partial charge in [0.1, 0.15) is 11.6 Å². The predicted molar refractivity (Wildman–Crippen MR) is 139 cm³/mol. The van der Waals surface area contributed by atoms with E-state index in [1.807, 2.05) is 68.0 Å². The maximum absolute atomic E-state index is 13.5. The minimum Gasteiger partial charge on any atom is -0.394 e. The highest BCUT2D eigenvalue weighted by molar-refractivity contribution is 6.08. The Morgan fingerprint density at radius 3 is 2.54 bits per heavy atom. The van der Waals surface area contributed by atoms with Gasteiger partial charge in [0, 0.05) is 37.6 Å². The van der Waals surface area contributed by atoms with Crippen molar-refractivity contribution in [3.8, 4) is 11.3 Å². The second-order valence-electron chi connectivity index (χ2n) is 10.6. The number of anilines is 3. The predicted octanol–water partition coefficient (Wildman–Crippen LogP) is 4.30. The number of carbonyl (C=O) groups is 1. The van der Waals surface area contributed by atoms with Crippen LogP contribution in [-0.4, -0.2) is 51.0 Å². The summed E-state index contributed by atoms with van der Waals surface area (Å²) in [7, 11) is 1.90. The van der Waals surface area contributed by atoms with Crippen molar-refractivity contribution in [2.45, 2.75) is 45.1 Å². The van der Waals surface area contributed by atoms with Gasteiger partial charge in [0.05, 0.1) is 23.4 Å². The molecule has 5 rings (SSSR count). The van der Waals surface area contributed by atoms with Gasteiger partial charge in [-0.1, -0.05) is 12.1 Å². The minimum atomic E-state index is -0.514. The van der Waals surface area contributed by atoms with Gasteiger partial charge in [-0.05, 0) is 75.3 Å². The Morgan fingerprint density at radius 1 is 1.11 bits per heavy atom. The van der Waals surface area contributed by atoms with Crippen molar-refractivity contribution in [2.24, 2.45) is 12.5 Å². The van der Waals surface area contributed by atoms with E-state index in [1.165, 1.54) is 12.8 Å². The summed E-state index contributed by atoms with van der Waals surface area (Å²) >= 11 is 0. The Hall–Kier alpha value is -3.39. The maximum Gasteiger partial charge on any atom is 0.259 e. The normalized spacial score (nSPS) is 16.9. The van der Waals surface area contributed by atoms with Gasteiger partial charge in [-0.3, -0.25) is 9.48 Å². The number of nitrogens with zero attached hydrogens (tertiary/aromatic N) is 4. The molecule has 3 N–H and O–H groups in total. The van der Waals surface area contributed by atoms with Crippen molar-refractivity contribution in [3.63, 3.8) is 0 Å². The number of benzene rings is 1. The third-order valence-corrected chi connectivity index (χ3v) is 7.30. The van der Waals surface area contributed by atoms with Crippen LogP contribution in [0.4, 0.5) is 17.3 Å². The maximum atomic E-state index is 13.5. The van der Waals surface area contributed by atoms with E-state index in [1.54, 1.807) is 6.20 Å². The average Bonchev–Trinajstić information content (AvgIpc) is 3.46. The fourth-order valence-electron chi connectivity index (χ4n) is 4.80. The Kier molecular flexibility index (Phi) is 6.01. The number of aliphatic hydroxyl groups is 1. The smallest absolute Gasteiger partial charge is 0.259 e. The van der Waals surface area contributed by atoms with E-state index >= 15 is 0 Å². The van der Waals surface area contributed by atoms with E-state index in [4.69, 9.17) is 4.98 Å². The minimum absolute atomic E-state index is 0.0223. The third kappa shape index (κ3) is 5.03. The van der Waals surface area contributed by atoms with Crippen LogP contribution in [0.15, 0.2) is 48.7 Å². The van der Waals surface area contributed by atoms with Gasteiger partial charge in [0.2, 0.25) is 0 Å². The first kappa shape index (κ1) is 23.4. The summed E-state index contributed by atoms with van der Waals surface area (Å²) in [5.74, 6) is 1.16. The Bertz CT molecular complexity index is 1220. The monoisotopic (exact) mass is 474 g/mol. The Balaban J connectivity index is 1.41. The standard InChI is InChI=1S/C27H34N6O2/c1-26(2,18-34)31-23-8-7-21(24(30-23)33-15-12-27(10-11-27)13-16-33)25(35)29-20-6-4-5-19(17-20)22-9-14-28-32(22)3/h4-9,14,17,34H,10-13,15-16,18H2,1-3H3,(H,29,35)(H,30,31). The summed E-state index contributed by atoms with van der Waals surface area (Å²) in [5, 5.41) is 20.3. The number of rotatable bonds is 7. The zero-order chi connectivity index (χ0) is 24.6. The third-order valence-electron chi connectivity index (χ3n) is 7.30. The molecule has 8 heteroatoms. The fraction of sp³-hybridized carbons (Fsp3) is 0.444.